The molecule has 0 amide bonds. The van der Waals surface area contributed by atoms with Gasteiger partial charge in [-0.15, -0.1) is 0 Å². The van der Waals surface area contributed by atoms with Crippen LogP contribution >= 0.6 is 0 Å². The first-order chi connectivity index (χ1) is 37.7. The van der Waals surface area contributed by atoms with Gasteiger partial charge in [0.1, 0.15) is 0 Å². The topological polar surface area (TPSA) is 8.17 Å². The molecule has 0 radical (unpaired) electrons. The second-order valence-corrected chi connectivity index (χ2v) is 19.7. The number of rotatable bonds is 10. The van der Waals surface area contributed by atoms with Crippen LogP contribution in [0.3, 0.4) is 0 Å². The van der Waals surface area contributed by atoms with Crippen molar-refractivity contribution in [2.45, 2.75) is 0 Å². The Labute approximate surface area is 443 Å². The van der Waals surface area contributed by atoms with Gasteiger partial charge in [0.2, 0.25) is 0 Å². The molecule has 0 aliphatic carbocycles. The average Bonchev–Trinajstić information content (AvgIpc) is 3.85. The molecule has 0 aliphatic rings. The van der Waals surface area contributed by atoms with E-state index in [9.17, 15) is 0 Å². The molecule has 0 N–H and O–H groups in total. The maximum absolute atomic E-state index is 2.48. The van der Waals surface area contributed by atoms with Gasteiger partial charge in [-0.3, -0.25) is 0 Å². The van der Waals surface area contributed by atoms with Gasteiger partial charge in [-0.25, -0.2) is 0 Å². The minimum absolute atomic E-state index is 1.08. The van der Waals surface area contributed by atoms with Crippen molar-refractivity contribution in [3.8, 4) is 72.4 Å². The first-order valence-electron chi connectivity index (χ1n) is 26.1. The fraction of sp³-hybridized carbons (Fsp3) is 0. The summed E-state index contributed by atoms with van der Waals surface area (Å²) in [6, 6.07) is 111. The van der Waals surface area contributed by atoms with Gasteiger partial charge >= 0.3 is 0 Å². The third kappa shape index (κ3) is 8.10. The predicted octanol–water partition coefficient (Wildman–Crippen LogP) is 20.6. The van der Waals surface area contributed by atoms with Crippen molar-refractivity contribution >= 4 is 60.4 Å². The zero-order valence-electron chi connectivity index (χ0n) is 41.8. The standard InChI is InChI=1S/C74H50N2/c1-3-16-51(17-4-1)53-32-36-55(37-33-53)57-40-44-63(45-41-57)75(64-46-42-58(43-47-64)56-38-34-54(35-39-56)52-18-5-2-6-19-52)65-24-14-22-60(49-65)59-21-13-23-61(48-59)67-29-15-31-72-74(67)70-28-11-12-30-71(70)76(72)73-50-62-20-7-8-25-66(62)68-26-9-10-27-69(68)73/h1-50H. The van der Waals surface area contributed by atoms with E-state index < -0.39 is 0 Å². The molecular formula is C74H50N2. The minimum Gasteiger partial charge on any atom is -0.310 e. The molecule has 2 heteroatoms. The van der Waals surface area contributed by atoms with Crippen LogP contribution in [0.15, 0.2) is 303 Å². The monoisotopic (exact) mass is 966 g/mol. The molecule has 13 aromatic carbocycles. The Morgan fingerprint density at radius 1 is 0.224 bits per heavy atom. The summed E-state index contributed by atoms with van der Waals surface area (Å²) in [5.74, 6) is 0. The van der Waals surface area contributed by atoms with Gasteiger partial charge in [-0.05, 0) is 144 Å². The Balaban J connectivity index is 0.844. The van der Waals surface area contributed by atoms with Gasteiger partial charge in [0.25, 0.3) is 0 Å². The van der Waals surface area contributed by atoms with Gasteiger partial charge in [0.15, 0.2) is 0 Å². The van der Waals surface area contributed by atoms with Crippen LogP contribution in [0.4, 0.5) is 17.1 Å². The number of nitrogens with zero attached hydrogens (tertiary/aromatic N) is 2. The second kappa shape index (κ2) is 19.1. The molecule has 0 saturated carbocycles. The van der Waals surface area contributed by atoms with Gasteiger partial charge in [0.05, 0.1) is 16.7 Å². The second-order valence-electron chi connectivity index (χ2n) is 19.7. The molecule has 76 heavy (non-hydrogen) atoms. The molecule has 14 aromatic rings. The zero-order valence-corrected chi connectivity index (χ0v) is 41.8. The van der Waals surface area contributed by atoms with Gasteiger partial charge in [-0.1, -0.05) is 243 Å². The van der Waals surface area contributed by atoms with Crippen molar-refractivity contribution < 1.29 is 0 Å². The fourth-order valence-electron chi connectivity index (χ4n) is 11.5. The molecule has 0 unspecified atom stereocenters. The number of fused-ring (bicyclic) bond motifs is 6. The van der Waals surface area contributed by atoms with E-state index in [1.54, 1.807) is 0 Å². The van der Waals surface area contributed by atoms with Crippen molar-refractivity contribution in [3.05, 3.63) is 303 Å². The molecule has 0 aliphatic heterocycles. The summed E-state index contributed by atoms with van der Waals surface area (Å²) >= 11 is 0. The highest BCUT2D eigenvalue weighted by atomic mass is 15.1. The summed E-state index contributed by atoms with van der Waals surface area (Å²) < 4.78 is 2.48. The molecule has 0 atom stereocenters. The molecule has 0 fully saturated rings. The third-order valence-corrected chi connectivity index (χ3v) is 15.2. The summed E-state index contributed by atoms with van der Waals surface area (Å²) in [5.41, 5.74) is 21.1. The largest absolute Gasteiger partial charge is 0.310 e. The van der Waals surface area contributed by atoms with Gasteiger partial charge < -0.3 is 9.47 Å². The predicted molar refractivity (Wildman–Crippen MR) is 323 cm³/mol. The lowest BCUT2D eigenvalue weighted by Crippen LogP contribution is -2.10. The van der Waals surface area contributed by atoms with Crippen LogP contribution < -0.4 is 4.90 Å². The molecule has 0 saturated heterocycles. The van der Waals surface area contributed by atoms with Crippen molar-refractivity contribution in [1.29, 1.82) is 0 Å². The van der Waals surface area contributed by atoms with E-state index in [1.807, 2.05) is 0 Å². The van der Waals surface area contributed by atoms with E-state index in [4.69, 9.17) is 0 Å². The molecule has 2 nitrogen and oxygen atoms in total. The van der Waals surface area contributed by atoms with E-state index in [0.717, 1.165) is 28.2 Å². The Kier molecular flexibility index (Phi) is 11.2. The normalized spacial score (nSPS) is 11.4. The molecule has 1 heterocycles. The maximum Gasteiger partial charge on any atom is 0.0547 e. The molecule has 0 bridgehead atoms. The lowest BCUT2D eigenvalue weighted by Gasteiger charge is -2.26. The summed E-state index contributed by atoms with van der Waals surface area (Å²) in [4.78, 5) is 2.38. The quantitative estimate of drug-likeness (QED) is 0.124. The molecular weight excluding hydrogens is 917 g/mol. The molecule has 356 valence electrons. The van der Waals surface area contributed by atoms with E-state index in [2.05, 4.69) is 313 Å². The van der Waals surface area contributed by atoms with Gasteiger partial charge in [-0.2, -0.15) is 0 Å². The van der Waals surface area contributed by atoms with Crippen LogP contribution in [0.5, 0.6) is 0 Å². The van der Waals surface area contributed by atoms with Crippen molar-refractivity contribution in [1.82, 2.24) is 4.57 Å². The SMILES string of the molecule is c1ccc(-c2ccc(-c3ccc(N(c4ccc(-c5ccc(-c6ccccc6)cc5)cc4)c4cccc(-c5cccc(-c6cccc7c6c6ccccc6n7-c6cc7ccccc7c7ccccc67)c5)c4)cc3)cc2)cc1. The van der Waals surface area contributed by atoms with Crippen LogP contribution in [0.25, 0.3) is 116 Å². The summed E-state index contributed by atoms with van der Waals surface area (Å²) in [6.45, 7) is 0. The first kappa shape index (κ1) is 44.7. The lowest BCUT2D eigenvalue weighted by molar-refractivity contribution is 1.20. The zero-order chi connectivity index (χ0) is 50.4. The maximum atomic E-state index is 2.48. The summed E-state index contributed by atoms with van der Waals surface area (Å²) in [7, 11) is 0. The number of hydrogen-bond acceptors (Lipinski definition) is 1. The first-order valence-corrected chi connectivity index (χ1v) is 26.1. The molecule has 1 aromatic heterocycles. The van der Waals surface area contributed by atoms with Crippen LogP contribution in [0.1, 0.15) is 0 Å². The Bertz CT molecular complexity index is 4270. The van der Waals surface area contributed by atoms with Crippen molar-refractivity contribution in [2.24, 2.45) is 0 Å². The molecule has 0 spiro atoms. The number of para-hydroxylation sites is 1. The minimum atomic E-state index is 1.08. The van der Waals surface area contributed by atoms with Crippen LogP contribution in [0.2, 0.25) is 0 Å². The highest BCUT2D eigenvalue weighted by Crippen LogP contribution is 2.43. The Morgan fingerprint density at radius 2 is 0.632 bits per heavy atom. The number of benzene rings is 13. The van der Waals surface area contributed by atoms with Gasteiger partial charge in [0, 0.05) is 33.2 Å². The number of anilines is 3. The van der Waals surface area contributed by atoms with E-state index >= 15 is 0 Å². The Hall–Kier alpha value is -10.0. The summed E-state index contributed by atoms with van der Waals surface area (Å²) in [5, 5.41) is 7.48. The lowest BCUT2D eigenvalue weighted by atomic mass is 9.95. The van der Waals surface area contributed by atoms with E-state index in [0.29, 0.717) is 0 Å². The van der Waals surface area contributed by atoms with E-state index in [1.165, 1.54) is 105 Å². The fourth-order valence-corrected chi connectivity index (χ4v) is 11.5. The number of aromatic nitrogens is 1. The summed E-state index contributed by atoms with van der Waals surface area (Å²) in [6.07, 6.45) is 0. The third-order valence-electron chi connectivity index (χ3n) is 15.2. The van der Waals surface area contributed by atoms with Crippen LogP contribution in [-0.4, -0.2) is 4.57 Å². The molecule has 14 rings (SSSR count). The van der Waals surface area contributed by atoms with Crippen LogP contribution in [-0.2, 0) is 0 Å². The highest BCUT2D eigenvalue weighted by molar-refractivity contribution is 6.18. The average molecular weight is 967 g/mol. The Morgan fingerprint density at radius 3 is 1.22 bits per heavy atom. The van der Waals surface area contributed by atoms with Crippen LogP contribution in [0, 0.1) is 0 Å². The van der Waals surface area contributed by atoms with Crippen molar-refractivity contribution in [2.75, 3.05) is 4.90 Å². The number of hydrogen-bond donors (Lipinski definition) is 0. The smallest absolute Gasteiger partial charge is 0.0547 e. The van der Waals surface area contributed by atoms with Crippen molar-refractivity contribution in [3.63, 3.8) is 0 Å². The highest BCUT2D eigenvalue weighted by Gasteiger charge is 2.20. The van der Waals surface area contributed by atoms with E-state index in [-0.39, 0.29) is 0 Å².